The number of benzene rings is 3. The first kappa shape index (κ1) is 25.4. The van der Waals surface area contributed by atoms with Crippen LogP contribution in [-0.4, -0.2) is 32.5 Å². The van der Waals surface area contributed by atoms with Crippen LogP contribution >= 0.6 is 0 Å². The third kappa shape index (κ3) is 6.91. The number of carboxylic acids is 1. The zero-order chi connectivity index (χ0) is 25.9. The van der Waals surface area contributed by atoms with Crippen molar-refractivity contribution in [1.29, 1.82) is 0 Å². The molecule has 0 saturated heterocycles. The first-order chi connectivity index (χ1) is 17.0. The van der Waals surface area contributed by atoms with Gasteiger partial charge in [-0.05, 0) is 91.1 Å². The molecule has 11 heteroatoms. The highest BCUT2D eigenvalue weighted by Gasteiger charge is 2.31. The zero-order valence-corrected chi connectivity index (χ0v) is 19.5. The lowest BCUT2D eigenvalue weighted by Gasteiger charge is -2.12. The van der Waals surface area contributed by atoms with Gasteiger partial charge in [0, 0.05) is 0 Å². The highest BCUT2D eigenvalue weighted by atomic mass is 32.2. The second-order valence-electron chi connectivity index (χ2n) is 8.23. The number of rotatable bonds is 10. The summed E-state index contributed by atoms with van der Waals surface area (Å²) in [7, 11) is -4.01. The molecule has 0 atom stereocenters. The van der Waals surface area contributed by atoms with E-state index in [-0.39, 0.29) is 33.5 Å². The van der Waals surface area contributed by atoms with E-state index < -0.39 is 27.9 Å². The smallest absolute Gasteiger partial charge is 0.493 e. The molecule has 0 aliphatic heterocycles. The standard InChI is InChI=1S/C25H21F3O7S/c26-25(27,28)35-20-5-3-18(4-6-20)34-19-7-9-22(10-8-19)36(31,32)23-12-17(13-24(29)30)11-21(14-23)33-15-16-1-2-16/h3-12,14,16H,1-2,13,15H2,(H,29,30). The maximum atomic E-state index is 13.2. The molecule has 1 aliphatic carbocycles. The molecule has 0 amide bonds. The van der Waals surface area contributed by atoms with Crippen molar-refractivity contribution < 1.29 is 45.7 Å². The number of ether oxygens (including phenoxy) is 3. The topological polar surface area (TPSA) is 99.1 Å². The Morgan fingerprint density at radius 1 is 0.861 bits per heavy atom. The van der Waals surface area contributed by atoms with Crippen molar-refractivity contribution in [3.63, 3.8) is 0 Å². The number of hydrogen-bond acceptors (Lipinski definition) is 6. The van der Waals surface area contributed by atoms with Gasteiger partial charge < -0.3 is 19.3 Å². The van der Waals surface area contributed by atoms with E-state index in [1.165, 1.54) is 54.6 Å². The van der Waals surface area contributed by atoms with E-state index in [0.717, 1.165) is 25.0 Å². The second kappa shape index (κ2) is 10.1. The first-order valence-electron chi connectivity index (χ1n) is 10.9. The molecule has 0 spiro atoms. The van der Waals surface area contributed by atoms with E-state index in [1.807, 2.05) is 0 Å². The fraction of sp³-hybridized carbons (Fsp3) is 0.240. The molecule has 0 unspecified atom stereocenters. The molecule has 1 N–H and O–H groups in total. The van der Waals surface area contributed by atoms with Crippen LogP contribution < -0.4 is 14.2 Å². The van der Waals surface area contributed by atoms with Crippen molar-refractivity contribution in [2.75, 3.05) is 6.61 Å². The molecule has 1 fully saturated rings. The molecule has 0 bridgehead atoms. The maximum Gasteiger partial charge on any atom is 0.573 e. The molecule has 1 aliphatic rings. The van der Waals surface area contributed by atoms with Gasteiger partial charge in [-0.3, -0.25) is 4.79 Å². The minimum atomic E-state index is -4.80. The van der Waals surface area contributed by atoms with Gasteiger partial charge in [0.15, 0.2) is 0 Å². The Labute approximate surface area is 205 Å². The number of alkyl halides is 3. The van der Waals surface area contributed by atoms with Crippen LogP contribution in [-0.2, 0) is 21.1 Å². The van der Waals surface area contributed by atoms with Gasteiger partial charge in [0.05, 0.1) is 22.8 Å². The van der Waals surface area contributed by atoms with Gasteiger partial charge in [-0.1, -0.05) is 0 Å². The van der Waals surface area contributed by atoms with Gasteiger partial charge in [0.1, 0.15) is 23.0 Å². The molecule has 3 aromatic carbocycles. The number of carboxylic acid groups (broad SMARTS) is 1. The van der Waals surface area contributed by atoms with E-state index in [2.05, 4.69) is 4.74 Å². The van der Waals surface area contributed by atoms with E-state index in [0.29, 0.717) is 18.1 Å². The van der Waals surface area contributed by atoms with Crippen LogP contribution in [0.4, 0.5) is 13.2 Å². The molecule has 0 radical (unpaired) electrons. The van der Waals surface area contributed by atoms with Gasteiger partial charge in [-0.25, -0.2) is 8.42 Å². The van der Waals surface area contributed by atoms with Crippen molar-refractivity contribution in [3.05, 3.63) is 72.3 Å². The summed E-state index contributed by atoms with van der Waals surface area (Å²) in [5.74, 6) is -0.309. The lowest BCUT2D eigenvalue weighted by molar-refractivity contribution is -0.274. The quantitative estimate of drug-likeness (QED) is 0.369. The number of carbonyl (C=O) groups is 1. The predicted molar refractivity (Wildman–Crippen MR) is 121 cm³/mol. The van der Waals surface area contributed by atoms with Gasteiger partial charge in [-0.2, -0.15) is 0 Å². The minimum Gasteiger partial charge on any atom is -0.493 e. The molecule has 0 aromatic heterocycles. The summed E-state index contributed by atoms with van der Waals surface area (Å²) in [6.07, 6.45) is -3.08. The van der Waals surface area contributed by atoms with Crippen molar-refractivity contribution in [3.8, 4) is 23.0 Å². The lowest BCUT2D eigenvalue weighted by atomic mass is 10.1. The zero-order valence-electron chi connectivity index (χ0n) is 18.7. The number of halogens is 3. The molecular weight excluding hydrogens is 501 g/mol. The lowest BCUT2D eigenvalue weighted by Crippen LogP contribution is -2.16. The summed E-state index contributed by atoms with van der Waals surface area (Å²) in [5.41, 5.74) is 0.298. The van der Waals surface area contributed by atoms with Crippen LogP contribution in [0, 0.1) is 5.92 Å². The molecule has 7 nitrogen and oxygen atoms in total. The van der Waals surface area contributed by atoms with Crippen LogP contribution in [0.1, 0.15) is 18.4 Å². The van der Waals surface area contributed by atoms with Gasteiger partial charge >= 0.3 is 12.3 Å². The number of aliphatic carboxylic acids is 1. The van der Waals surface area contributed by atoms with Gasteiger partial charge in [0.2, 0.25) is 9.84 Å². The monoisotopic (exact) mass is 522 g/mol. The molecule has 1 saturated carbocycles. The molecule has 0 heterocycles. The Balaban J connectivity index is 1.51. The van der Waals surface area contributed by atoms with Crippen molar-refractivity contribution in [2.45, 2.75) is 35.4 Å². The normalized spacial score (nSPS) is 13.8. The molecule has 36 heavy (non-hydrogen) atoms. The van der Waals surface area contributed by atoms with Gasteiger partial charge in [-0.15, -0.1) is 13.2 Å². The molecule has 3 aromatic rings. The average Bonchev–Trinajstić information content (AvgIpc) is 3.62. The summed E-state index contributed by atoms with van der Waals surface area (Å²) < 4.78 is 78.4. The Morgan fingerprint density at radius 2 is 1.44 bits per heavy atom. The summed E-state index contributed by atoms with van der Waals surface area (Å²) in [6, 6.07) is 14.4. The highest BCUT2D eigenvalue weighted by Crippen LogP contribution is 2.33. The summed E-state index contributed by atoms with van der Waals surface area (Å²) in [5, 5.41) is 9.15. The summed E-state index contributed by atoms with van der Waals surface area (Å²) in [6.45, 7) is 0.436. The van der Waals surface area contributed by atoms with E-state index >= 15 is 0 Å². The van der Waals surface area contributed by atoms with Crippen LogP contribution in [0.25, 0.3) is 0 Å². The fourth-order valence-electron chi connectivity index (χ4n) is 3.31. The Kier molecular flexibility index (Phi) is 7.11. The Bertz CT molecular complexity index is 1330. The van der Waals surface area contributed by atoms with E-state index in [9.17, 15) is 26.4 Å². The van der Waals surface area contributed by atoms with Crippen LogP contribution in [0.2, 0.25) is 0 Å². The first-order valence-corrected chi connectivity index (χ1v) is 12.3. The molecular formula is C25H21F3O7S. The van der Waals surface area contributed by atoms with Crippen LogP contribution in [0.3, 0.4) is 0 Å². The molecule has 4 rings (SSSR count). The summed E-state index contributed by atoms with van der Waals surface area (Å²) in [4.78, 5) is 11.0. The third-order valence-electron chi connectivity index (χ3n) is 5.22. The largest absolute Gasteiger partial charge is 0.573 e. The van der Waals surface area contributed by atoms with Crippen LogP contribution in [0.15, 0.2) is 76.5 Å². The Morgan fingerprint density at radius 3 is 2.00 bits per heavy atom. The Hall–Kier alpha value is -3.73. The number of hydrogen-bond donors (Lipinski definition) is 1. The van der Waals surface area contributed by atoms with Crippen molar-refractivity contribution >= 4 is 15.8 Å². The third-order valence-corrected chi connectivity index (χ3v) is 6.96. The molecule has 190 valence electrons. The number of sulfone groups is 1. The highest BCUT2D eigenvalue weighted by molar-refractivity contribution is 7.91. The van der Waals surface area contributed by atoms with Crippen molar-refractivity contribution in [2.24, 2.45) is 5.92 Å². The van der Waals surface area contributed by atoms with Crippen LogP contribution in [0.5, 0.6) is 23.0 Å². The maximum absolute atomic E-state index is 13.2. The predicted octanol–water partition coefficient (Wildman–Crippen LogP) is 5.63. The van der Waals surface area contributed by atoms with Crippen molar-refractivity contribution in [1.82, 2.24) is 0 Å². The fourth-order valence-corrected chi connectivity index (χ4v) is 4.66. The minimum absolute atomic E-state index is 0.0515. The second-order valence-corrected chi connectivity index (χ2v) is 10.2. The SMILES string of the molecule is O=C(O)Cc1cc(OCC2CC2)cc(S(=O)(=O)c2ccc(Oc3ccc(OC(F)(F)F)cc3)cc2)c1. The van der Waals surface area contributed by atoms with Gasteiger partial charge in [0.25, 0.3) is 0 Å². The summed E-state index contributed by atoms with van der Waals surface area (Å²) >= 11 is 0. The van der Waals surface area contributed by atoms with E-state index in [1.54, 1.807) is 0 Å². The van der Waals surface area contributed by atoms with E-state index in [4.69, 9.17) is 14.6 Å². The average molecular weight is 522 g/mol.